The van der Waals surface area contributed by atoms with Crippen LogP contribution in [0.4, 0.5) is 4.79 Å². The molecule has 2 atom stereocenters. The van der Waals surface area contributed by atoms with E-state index in [2.05, 4.69) is 18.0 Å². The first-order valence-electron chi connectivity index (χ1n) is 7.20. The zero-order chi connectivity index (χ0) is 15.5. The Kier molecular flexibility index (Phi) is 4.68. The Bertz CT molecular complexity index is 519. The molecule has 1 N–H and O–H groups in total. The normalized spacial score (nSPS) is 20.7. The van der Waals surface area contributed by atoms with E-state index in [1.165, 1.54) is 5.56 Å². The summed E-state index contributed by atoms with van der Waals surface area (Å²) in [6, 6.07) is 7.87. The molecule has 1 aromatic carbocycles. The van der Waals surface area contributed by atoms with E-state index < -0.39 is 11.7 Å². The van der Waals surface area contributed by atoms with Crippen LogP contribution in [-0.4, -0.2) is 24.4 Å². The fourth-order valence-electron chi connectivity index (χ4n) is 2.51. The van der Waals surface area contributed by atoms with Crippen molar-refractivity contribution in [1.29, 1.82) is 0 Å². The van der Waals surface area contributed by atoms with Crippen molar-refractivity contribution in [1.82, 2.24) is 5.32 Å². The molecule has 0 aromatic heterocycles. The minimum absolute atomic E-state index is 0.0899. The standard InChI is InChI=1S/C17H23NO3/c1-5-10-20-14-11-12-8-6-7-9-13(12)15(14)18-16(19)21-17(2,3)4/h5-9,14-15H,1,10-11H2,2-4H3,(H,18,19)/t14-,15-/m1/s1. The second-order valence-corrected chi connectivity index (χ2v) is 6.19. The third-order valence-electron chi connectivity index (χ3n) is 3.28. The summed E-state index contributed by atoms with van der Waals surface area (Å²) in [4.78, 5) is 12.0. The zero-order valence-corrected chi connectivity index (χ0v) is 12.9. The molecule has 0 fully saturated rings. The molecule has 0 saturated carbocycles. The average molecular weight is 289 g/mol. The number of amides is 1. The first-order valence-corrected chi connectivity index (χ1v) is 7.20. The second kappa shape index (κ2) is 6.31. The minimum Gasteiger partial charge on any atom is -0.444 e. The second-order valence-electron chi connectivity index (χ2n) is 6.19. The molecule has 0 radical (unpaired) electrons. The highest BCUT2D eigenvalue weighted by atomic mass is 16.6. The van der Waals surface area contributed by atoms with E-state index in [1.54, 1.807) is 6.08 Å². The lowest BCUT2D eigenvalue weighted by Crippen LogP contribution is -2.39. The van der Waals surface area contributed by atoms with Gasteiger partial charge in [0.1, 0.15) is 5.60 Å². The summed E-state index contributed by atoms with van der Waals surface area (Å²) in [5.41, 5.74) is 1.78. The van der Waals surface area contributed by atoms with Gasteiger partial charge in [0.2, 0.25) is 0 Å². The Balaban J connectivity index is 2.12. The van der Waals surface area contributed by atoms with Crippen LogP contribution in [0, 0.1) is 0 Å². The summed E-state index contributed by atoms with van der Waals surface area (Å²) in [5.74, 6) is 0. The van der Waals surface area contributed by atoms with E-state index in [1.807, 2.05) is 39.0 Å². The van der Waals surface area contributed by atoms with E-state index >= 15 is 0 Å². The number of rotatable bonds is 4. The minimum atomic E-state index is -0.514. The summed E-state index contributed by atoms with van der Waals surface area (Å²) in [7, 11) is 0. The number of alkyl carbamates (subject to hydrolysis) is 1. The third-order valence-corrected chi connectivity index (χ3v) is 3.28. The first-order chi connectivity index (χ1) is 9.90. The fourth-order valence-corrected chi connectivity index (χ4v) is 2.51. The molecule has 21 heavy (non-hydrogen) atoms. The SMILES string of the molecule is C=CCO[C@@H]1Cc2ccccc2[C@H]1NC(=O)OC(C)(C)C. The maximum absolute atomic E-state index is 12.0. The van der Waals surface area contributed by atoms with Crippen LogP contribution in [-0.2, 0) is 15.9 Å². The number of benzene rings is 1. The molecular formula is C17H23NO3. The number of carbonyl (C=O) groups excluding carboxylic acids is 1. The van der Waals surface area contributed by atoms with E-state index in [4.69, 9.17) is 9.47 Å². The molecule has 0 spiro atoms. The van der Waals surface area contributed by atoms with Crippen LogP contribution in [0.3, 0.4) is 0 Å². The van der Waals surface area contributed by atoms with Crippen LogP contribution in [0.2, 0.25) is 0 Å². The zero-order valence-electron chi connectivity index (χ0n) is 12.9. The summed E-state index contributed by atoms with van der Waals surface area (Å²) in [6.07, 6.45) is 1.99. The molecule has 4 heteroatoms. The van der Waals surface area contributed by atoms with Gasteiger partial charge in [0.05, 0.1) is 18.8 Å². The highest BCUT2D eigenvalue weighted by molar-refractivity contribution is 5.69. The van der Waals surface area contributed by atoms with Crippen molar-refractivity contribution in [3.05, 3.63) is 48.0 Å². The van der Waals surface area contributed by atoms with E-state index in [0.717, 1.165) is 12.0 Å². The third kappa shape index (κ3) is 4.08. The number of carbonyl (C=O) groups is 1. The molecule has 0 saturated heterocycles. The van der Waals surface area contributed by atoms with Crippen LogP contribution in [0.15, 0.2) is 36.9 Å². The first kappa shape index (κ1) is 15.6. The Hall–Kier alpha value is -1.81. The van der Waals surface area contributed by atoms with Crippen LogP contribution in [0.5, 0.6) is 0 Å². The highest BCUT2D eigenvalue weighted by Gasteiger charge is 2.34. The summed E-state index contributed by atoms with van der Waals surface area (Å²) in [5, 5.41) is 2.93. The van der Waals surface area contributed by atoms with Crippen molar-refractivity contribution in [2.24, 2.45) is 0 Å². The van der Waals surface area contributed by atoms with Gasteiger partial charge >= 0.3 is 6.09 Å². The van der Waals surface area contributed by atoms with E-state index in [9.17, 15) is 4.79 Å². The van der Waals surface area contributed by atoms with Crippen molar-refractivity contribution in [2.75, 3.05) is 6.61 Å². The molecule has 1 aliphatic carbocycles. The van der Waals surface area contributed by atoms with Crippen LogP contribution < -0.4 is 5.32 Å². The van der Waals surface area contributed by atoms with Gasteiger partial charge in [-0.15, -0.1) is 6.58 Å². The Morgan fingerprint density at radius 3 is 2.81 bits per heavy atom. The molecule has 2 rings (SSSR count). The van der Waals surface area contributed by atoms with Gasteiger partial charge in [0, 0.05) is 6.42 Å². The molecule has 0 heterocycles. The van der Waals surface area contributed by atoms with Crippen molar-refractivity contribution in [2.45, 2.75) is 44.9 Å². The van der Waals surface area contributed by atoms with E-state index in [0.29, 0.717) is 6.61 Å². The molecule has 0 bridgehead atoms. The molecular weight excluding hydrogens is 266 g/mol. The Morgan fingerprint density at radius 1 is 1.43 bits per heavy atom. The van der Waals surface area contributed by atoms with Crippen molar-refractivity contribution in [3.63, 3.8) is 0 Å². The van der Waals surface area contributed by atoms with Gasteiger partial charge in [0.25, 0.3) is 0 Å². The molecule has 114 valence electrons. The van der Waals surface area contributed by atoms with Crippen molar-refractivity contribution < 1.29 is 14.3 Å². The Labute approximate surface area is 126 Å². The fraction of sp³-hybridized carbons (Fsp3) is 0.471. The topological polar surface area (TPSA) is 47.6 Å². The van der Waals surface area contributed by atoms with Crippen LogP contribution in [0.1, 0.15) is 37.9 Å². The van der Waals surface area contributed by atoms with Crippen LogP contribution in [0.25, 0.3) is 0 Å². The Morgan fingerprint density at radius 2 is 2.14 bits per heavy atom. The molecule has 1 aromatic rings. The summed E-state index contributed by atoms with van der Waals surface area (Å²) < 4.78 is 11.1. The lowest BCUT2D eigenvalue weighted by atomic mass is 10.1. The predicted octanol–water partition coefficient (Wildman–Crippen LogP) is 3.38. The van der Waals surface area contributed by atoms with Gasteiger partial charge in [-0.2, -0.15) is 0 Å². The number of hydrogen-bond donors (Lipinski definition) is 1. The van der Waals surface area contributed by atoms with Crippen LogP contribution >= 0.6 is 0 Å². The quantitative estimate of drug-likeness (QED) is 0.864. The summed E-state index contributed by atoms with van der Waals surface area (Å²) >= 11 is 0. The van der Waals surface area contributed by atoms with Gasteiger partial charge in [-0.05, 0) is 31.9 Å². The van der Waals surface area contributed by atoms with Gasteiger partial charge in [-0.25, -0.2) is 4.79 Å². The predicted molar refractivity (Wildman–Crippen MR) is 82.2 cm³/mol. The van der Waals surface area contributed by atoms with Gasteiger partial charge < -0.3 is 14.8 Å². The monoisotopic (exact) mass is 289 g/mol. The van der Waals surface area contributed by atoms with Gasteiger partial charge in [-0.3, -0.25) is 0 Å². The van der Waals surface area contributed by atoms with Crippen molar-refractivity contribution in [3.8, 4) is 0 Å². The van der Waals surface area contributed by atoms with Gasteiger partial charge in [-0.1, -0.05) is 30.3 Å². The lowest BCUT2D eigenvalue weighted by molar-refractivity contribution is 0.0292. The average Bonchev–Trinajstić information content (AvgIpc) is 2.72. The number of ether oxygens (including phenoxy) is 2. The van der Waals surface area contributed by atoms with Crippen molar-refractivity contribution >= 4 is 6.09 Å². The maximum atomic E-state index is 12.0. The molecule has 0 aliphatic heterocycles. The molecule has 1 aliphatic rings. The largest absolute Gasteiger partial charge is 0.444 e. The summed E-state index contributed by atoms with van der Waals surface area (Å²) in [6.45, 7) is 9.68. The maximum Gasteiger partial charge on any atom is 0.408 e. The smallest absolute Gasteiger partial charge is 0.408 e. The number of fused-ring (bicyclic) bond motifs is 1. The molecule has 1 amide bonds. The number of hydrogen-bond acceptors (Lipinski definition) is 3. The number of nitrogens with one attached hydrogen (secondary N) is 1. The molecule has 0 unspecified atom stereocenters. The van der Waals surface area contributed by atoms with Gasteiger partial charge in [0.15, 0.2) is 0 Å². The molecule has 4 nitrogen and oxygen atoms in total. The lowest BCUT2D eigenvalue weighted by Gasteiger charge is -2.25. The van der Waals surface area contributed by atoms with E-state index in [-0.39, 0.29) is 12.1 Å². The highest BCUT2D eigenvalue weighted by Crippen LogP contribution is 2.33.